The van der Waals surface area contributed by atoms with Crippen molar-refractivity contribution in [1.82, 2.24) is 0 Å². The fourth-order valence-electron chi connectivity index (χ4n) is 2.89. The lowest BCUT2D eigenvalue weighted by molar-refractivity contribution is 0.0890. The van der Waals surface area contributed by atoms with Crippen LogP contribution in [0.4, 0.5) is 11.4 Å². The van der Waals surface area contributed by atoms with Gasteiger partial charge in [0.2, 0.25) is 0 Å². The second-order valence-corrected chi connectivity index (χ2v) is 5.10. The Morgan fingerprint density at radius 1 is 0.950 bits per heavy atom. The van der Waals surface area contributed by atoms with E-state index in [-0.39, 0.29) is 0 Å². The molecule has 2 aromatic carbocycles. The highest BCUT2D eigenvalue weighted by molar-refractivity contribution is 5.84. The molecule has 0 heterocycles. The van der Waals surface area contributed by atoms with Gasteiger partial charge in [-0.05, 0) is 52.7 Å². The number of aliphatic hydroxyl groups is 1. The van der Waals surface area contributed by atoms with E-state index in [0.29, 0.717) is 17.8 Å². The maximum absolute atomic E-state index is 11.1. The third kappa shape index (κ3) is 1.66. The summed E-state index contributed by atoms with van der Waals surface area (Å²) in [6, 6.07) is 11.1. The van der Waals surface area contributed by atoms with Gasteiger partial charge in [0, 0.05) is 17.8 Å². The minimum atomic E-state index is -1.08. The fourth-order valence-corrected chi connectivity index (χ4v) is 2.89. The van der Waals surface area contributed by atoms with E-state index in [1.54, 1.807) is 18.2 Å². The monoisotopic (exact) mass is 267 g/mol. The molecule has 102 valence electrons. The number of rotatable bonds is 2. The lowest BCUT2D eigenvalue weighted by Gasteiger charge is -2.24. The Morgan fingerprint density at radius 2 is 1.45 bits per heavy atom. The molecule has 1 aliphatic rings. The predicted octanol–water partition coefficient (Wildman–Crippen LogP) is 1.93. The number of hydrogen-bond donors (Lipinski definition) is 4. The zero-order valence-electron chi connectivity index (χ0n) is 11.0. The number of hydrogen-bond acceptors (Lipinski definition) is 4. The minimum Gasteiger partial charge on any atom is -0.405 e. The van der Waals surface area contributed by atoms with Gasteiger partial charge < -0.3 is 22.3 Å². The molecule has 0 saturated carbocycles. The van der Waals surface area contributed by atoms with Crippen LogP contribution in [0.5, 0.6) is 0 Å². The van der Waals surface area contributed by atoms with Crippen LogP contribution in [-0.4, -0.2) is 5.11 Å². The smallest absolute Gasteiger partial charge is 0.119 e. The molecule has 0 spiro atoms. The van der Waals surface area contributed by atoms with Crippen LogP contribution < -0.4 is 17.2 Å². The van der Waals surface area contributed by atoms with Gasteiger partial charge in [-0.1, -0.05) is 18.2 Å². The summed E-state index contributed by atoms with van der Waals surface area (Å²) in [6.07, 6.45) is 3.62. The number of nitrogens with two attached hydrogens (primary N) is 3. The van der Waals surface area contributed by atoms with Crippen molar-refractivity contribution in [3.63, 3.8) is 0 Å². The molecular weight excluding hydrogens is 250 g/mol. The second-order valence-electron chi connectivity index (χ2n) is 5.10. The molecule has 4 heteroatoms. The van der Waals surface area contributed by atoms with Crippen LogP contribution in [0.1, 0.15) is 17.5 Å². The van der Waals surface area contributed by atoms with Crippen molar-refractivity contribution in [2.45, 2.75) is 12.0 Å². The minimum absolute atomic E-state index is 0.414. The SMILES string of the molecule is N/C=C\CC1(O)c2ccc(N)cc2-c2cc(N)ccc21. The van der Waals surface area contributed by atoms with Crippen molar-refractivity contribution in [3.05, 3.63) is 59.8 Å². The Kier molecular flexibility index (Phi) is 2.69. The first-order valence-corrected chi connectivity index (χ1v) is 6.46. The van der Waals surface area contributed by atoms with Gasteiger partial charge in [-0.2, -0.15) is 0 Å². The molecule has 2 aromatic rings. The molecule has 0 aliphatic heterocycles. The van der Waals surface area contributed by atoms with E-state index >= 15 is 0 Å². The van der Waals surface area contributed by atoms with Crippen molar-refractivity contribution in [3.8, 4) is 11.1 Å². The van der Waals surface area contributed by atoms with Gasteiger partial charge in [0.1, 0.15) is 5.60 Å². The van der Waals surface area contributed by atoms with E-state index < -0.39 is 5.60 Å². The van der Waals surface area contributed by atoms with Gasteiger partial charge in [-0.25, -0.2) is 0 Å². The number of nitrogen functional groups attached to an aromatic ring is 2. The Morgan fingerprint density at radius 3 is 1.90 bits per heavy atom. The van der Waals surface area contributed by atoms with E-state index in [4.69, 9.17) is 17.2 Å². The van der Waals surface area contributed by atoms with Gasteiger partial charge in [0.15, 0.2) is 0 Å². The zero-order chi connectivity index (χ0) is 14.3. The Balaban J connectivity index is 2.29. The first-order chi connectivity index (χ1) is 9.56. The lowest BCUT2D eigenvalue weighted by atomic mass is 9.88. The topological polar surface area (TPSA) is 98.3 Å². The van der Waals surface area contributed by atoms with Crippen molar-refractivity contribution in [2.75, 3.05) is 11.5 Å². The summed E-state index contributed by atoms with van der Waals surface area (Å²) in [5, 5.41) is 11.1. The molecule has 0 aromatic heterocycles. The molecular formula is C16H17N3O. The van der Waals surface area contributed by atoms with Crippen molar-refractivity contribution >= 4 is 11.4 Å². The molecule has 0 bridgehead atoms. The summed E-state index contributed by atoms with van der Waals surface area (Å²) in [5.41, 5.74) is 20.9. The van der Waals surface area contributed by atoms with E-state index in [1.165, 1.54) is 6.20 Å². The highest BCUT2D eigenvalue weighted by Gasteiger charge is 2.40. The first kappa shape index (κ1) is 12.6. The third-order valence-electron chi connectivity index (χ3n) is 3.82. The summed E-state index contributed by atoms with van der Waals surface area (Å²) in [4.78, 5) is 0. The van der Waals surface area contributed by atoms with Crippen LogP contribution in [0.2, 0.25) is 0 Å². The molecule has 0 saturated heterocycles. The first-order valence-electron chi connectivity index (χ1n) is 6.46. The van der Waals surface area contributed by atoms with Crippen molar-refractivity contribution < 1.29 is 5.11 Å². The van der Waals surface area contributed by atoms with Crippen LogP contribution in [-0.2, 0) is 5.60 Å². The molecule has 7 N–H and O–H groups in total. The Bertz CT molecular complexity index is 655. The van der Waals surface area contributed by atoms with Crippen LogP contribution in [0.3, 0.4) is 0 Å². The van der Waals surface area contributed by atoms with E-state index in [0.717, 1.165) is 22.3 Å². The Labute approximate surface area is 117 Å². The fraction of sp³-hybridized carbons (Fsp3) is 0.125. The number of fused-ring (bicyclic) bond motifs is 3. The molecule has 0 amide bonds. The van der Waals surface area contributed by atoms with Crippen LogP contribution in [0.15, 0.2) is 48.7 Å². The maximum atomic E-state index is 11.1. The van der Waals surface area contributed by atoms with Gasteiger partial charge in [0.05, 0.1) is 0 Å². The van der Waals surface area contributed by atoms with Gasteiger partial charge in [0.25, 0.3) is 0 Å². The highest BCUT2D eigenvalue weighted by Crippen LogP contribution is 2.50. The van der Waals surface area contributed by atoms with Crippen molar-refractivity contribution in [1.29, 1.82) is 0 Å². The quantitative estimate of drug-likeness (QED) is 0.625. The molecule has 0 unspecified atom stereocenters. The Hall–Kier alpha value is -2.46. The van der Waals surface area contributed by atoms with E-state index in [2.05, 4.69) is 0 Å². The summed E-state index contributed by atoms with van der Waals surface area (Å²) in [5.74, 6) is 0. The molecule has 1 aliphatic carbocycles. The molecule has 0 radical (unpaired) electrons. The number of benzene rings is 2. The van der Waals surface area contributed by atoms with Gasteiger partial charge >= 0.3 is 0 Å². The molecule has 0 atom stereocenters. The maximum Gasteiger partial charge on any atom is 0.119 e. The molecule has 3 rings (SSSR count). The summed E-state index contributed by atoms with van der Waals surface area (Å²) < 4.78 is 0. The molecule has 0 fully saturated rings. The van der Waals surface area contributed by atoms with E-state index in [1.807, 2.05) is 24.3 Å². The number of anilines is 2. The summed E-state index contributed by atoms with van der Waals surface area (Å²) in [6.45, 7) is 0. The largest absolute Gasteiger partial charge is 0.405 e. The second kappa shape index (κ2) is 4.28. The van der Waals surface area contributed by atoms with Crippen LogP contribution >= 0.6 is 0 Å². The average Bonchev–Trinajstić information content (AvgIpc) is 2.66. The molecule has 20 heavy (non-hydrogen) atoms. The third-order valence-corrected chi connectivity index (χ3v) is 3.82. The average molecular weight is 267 g/mol. The highest BCUT2D eigenvalue weighted by atomic mass is 16.3. The molecule has 4 nitrogen and oxygen atoms in total. The van der Waals surface area contributed by atoms with Crippen LogP contribution in [0, 0.1) is 0 Å². The predicted molar refractivity (Wildman–Crippen MR) is 81.6 cm³/mol. The standard InChI is InChI=1S/C16H17N3O/c17-7-1-6-16(20)14-4-2-10(18)8-12(14)13-9-11(19)3-5-15(13)16/h1-5,7-9,20H,6,17-19H2/b7-1-. The summed E-state index contributed by atoms with van der Waals surface area (Å²) in [7, 11) is 0. The van der Waals surface area contributed by atoms with Gasteiger partial charge in [-0.3, -0.25) is 0 Å². The van der Waals surface area contributed by atoms with E-state index in [9.17, 15) is 5.11 Å². The van der Waals surface area contributed by atoms with Crippen molar-refractivity contribution in [2.24, 2.45) is 5.73 Å². The zero-order valence-corrected chi connectivity index (χ0v) is 11.0. The lowest BCUT2D eigenvalue weighted by Crippen LogP contribution is -2.23. The summed E-state index contributed by atoms with van der Waals surface area (Å²) >= 11 is 0. The normalized spacial score (nSPS) is 15.2. The van der Waals surface area contributed by atoms with Gasteiger partial charge in [-0.15, -0.1) is 0 Å². The van der Waals surface area contributed by atoms with Crippen LogP contribution in [0.25, 0.3) is 11.1 Å².